The number of hydrogen-bond acceptors (Lipinski definition) is 5. The number of hydrogen-bond donors (Lipinski definition) is 0. The van der Waals surface area contributed by atoms with Crippen molar-refractivity contribution in [1.29, 1.82) is 0 Å². The molecule has 2 aromatic rings. The Hall–Kier alpha value is -2.34. The molecule has 1 aliphatic heterocycles. The Kier molecular flexibility index (Phi) is 7.91. The molecule has 162 valence electrons. The average molecular weight is 431 g/mol. The minimum absolute atomic E-state index is 0.129. The van der Waals surface area contributed by atoms with Crippen molar-refractivity contribution < 1.29 is 9.53 Å². The maximum Gasteiger partial charge on any atom is 0.226 e. The Balaban J connectivity index is 1.65. The number of anilines is 1. The van der Waals surface area contributed by atoms with Gasteiger partial charge >= 0.3 is 0 Å². The van der Waals surface area contributed by atoms with Gasteiger partial charge in [0, 0.05) is 37.7 Å². The standard InChI is InChI=1S/C23H31ClN4O2/c1-4-6-9-18(5-2)23(29)28-13-12-27(15-17(28)3)21-14-22(26-16-25-21)30-20-11-8-7-10-19(20)24/h7-8,10-11,14,16-18H,4-6,9,12-13,15H2,1-3H3/t17-,18-/m0/s1. The third-order valence-corrected chi connectivity index (χ3v) is 5.97. The smallest absolute Gasteiger partial charge is 0.226 e. The number of para-hydroxylation sites is 1. The number of nitrogens with zero attached hydrogens (tertiary/aromatic N) is 4. The van der Waals surface area contributed by atoms with E-state index in [9.17, 15) is 4.79 Å². The number of ether oxygens (including phenoxy) is 1. The molecule has 0 spiro atoms. The molecule has 1 fully saturated rings. The van der Waals surface area contributed by atoms with Crippen molar-refractivity contribution in [1.82, 2.24) is 14.9 Å². The summed E-state index contributed by atoms with van der Waals surface area (Å²) in [6.07, 6.45) is 5.61. The number of piperazine rings is 1. The summed E-state index contributed by atoms with van der Waals surface area (Å²) in [7, 11) is 0. The first-order valence-electron chi connectivity index (χ1n) is 10.8. The molecule has 3 rings (SSSR count). The second kappa shape index (κ2) is 10.6. The number of unbranched alkanes of at least 4 members (excludes halogenated alkanes) is 1. The van der Waals surface area contributed by atoms with E-state index in [4.69, 9.17) is 16.3 Å². The van der Waals surface area contributed by atoms with Crippen LogP contribution in [-0.4, -0.2) is 46.5 Å². The molecular formula is C23H31ClN4O2. The van der Waals surface area contributed by atoms with E-state index < -0.39 is 0 Å². The van der Waals surface area contributed by atoms with Crippen LogP contribution in [0.15, 0.2) is 36.7 Å². The van der Waals surface area contributed by atoms with Gasteiger partial charge in [0.05, 0.1) is 5.02 Å². The maximum atomic E-state index is 13.0. The number of rotatable bonds is 8. The molecule has 0 bridgehead atoms. The average Bonchev–Trinajstić information content (AvgIpc) is 2.76. The third kappa shape index (κ3) is 5.42. The normalized spacial score (nSPS) is 17.7. The highest BCUT2D eigenvalue weighted by Crippen LogP contribution is 2.29. The fourth-order valence-corrected chi connectivity index (χ4v) is 4.05. The van der Waals surface area contributed by atoms with Crippen LogP contribution < -0.4 is 9.64 Å². The molecule has 6 nitrogen and oxygen atoms in total. The monoisotopic (exact) mass is 430 g/mol. The van der Waals surface area contributed by atoms with E-state index in [-0.39, 0.29) is 12.0 Å². The number of benzene rings is 1. The van der Waals surface area contributed by atoms with Gasteiger partial charge in [-0.15, -0.1) is 0 Å². The lowest BCUT2D eigenvalue weighted by Crippen LogP contribution is -2.55. The topological polar surface area (TPSA) is 58.6 Å². The second-order valence-corrected chi connectivity index (χ2v) is 8.23. The molecule has 1 aliphatic rings. The summed E-state index contributed by atoms with van der Waals surface area (Å²) in [5, 5.41) is 0.534. The molecule has 30 heavy (non-hydrogen) atoms. The largest absolute Gasteiger partial charge is 0.437 e. The zero-order valence-corrected chi connectivity index (χ0v) is 18.8. The molecule has 2 atom stereocenters. The lowest BCUT2D eigenvalue weighted by Gasteiger charge is -2.41. The van der Waals surface area contributed by atoms with Crippen LogP contribution in [0.3, 0.4) is 0 Å². The fraction of sp³-hybridized carbons (Fsp3) is 0.522. The number of halogens is 1. The van der Waals surface area contributed by atoms with Crippen LogP contribution in [-0.2, 0) is 4.79 Å². The molecule has 0 saturated carbocycles. The number of carbonyl (C=O) groups excluding carboxylic acids is 1. The SMILES string of the molecule is CCCC[C@H](CC)C(=O)N1CCN(c2cc(Oc3ccccc3Cl)ncn2)C[C@@H]1C. The van der Waals surface area contributed by atoms with Crippen LogP contribution in [0.5, 0.6) is 11.6 Å². The zero-order chi connectivity index (χ0) is 21.5. The number of amides is 1. The summed E-state index contributed by atoms with van der Waals surface area (Å²) in [6.45, 7) is 8.57. The van der Waals surface area contributed by atoms with E-state index in [2.05, 4.69) is 35.6 Å². The predicted octanol–water partition coefficient (Wildman–Crippen LogP) is 5.18. The first-order chi connectivity index (χ1) is 14.5. The Labute approximate surface area is 184 Å². The van der Waals surface area contributed by atoms with Crippen LogP contribution in [0.1, 0.15) is 46.5 Å². The van der Waals surface area contributed by atoms with Gasteiger partial charge in [0.1, 0.15) is 17.9 Å². The van der Waals surface area contributed by atoms with E-state index in [1.54, 1.807) is 12.1 Å². The second-order valence-electron chi connectivity index (χ2n) is 7.82. The quantitative estimate of drug-likeness (QED) is 0.577. The fourth-order valence-electron chi connectivity index (χ4n) is 3.88. The molecule has 7 heteroatoms. The van der Waals surface area contributed by atoms with Crippen LogP contribution in [0.4, 0.5) is 5.82 Å². The zero-order valence-electron chi connectivity index (χ0n) is 18.1. The molecule has 0 unspecified atom stereocenters. The van der Waals surface area contributed by atoms with Crippen LogP contribution >= 0.6 is 11.6 Å². The van der Waals surface area contributed by atoms with Crippen molar-refractivity contribution in [2.24, 2.45) is 5.92 Å². The van der Waals surface area contributed by atoms with Gasteiger partial charge in [-0.25, -0.2) is 9.97 Å². The highest BCUT2D eigenvalue weighted by Gasteiger charge is 2.31. The van der Waals surface area contributed by atoms with Crippen LogP contribution in [0, 0.1) is 5.92 Å². The van der Waals surface area contributed by atoms with Gasteiger partial charge in [-0.1, -0.05) is 50.4 Å². The maximum absolute atomic E-state index is 13.0. The summed E-state index contributed by atoms with van der Waals surface area (Å²) in [4.78, 5) is 25.9. The Morgan fingerprint density at radius 1 is 1.27 bits per heavy atom. The van der Waals surface area contributed by atoms with E-state index >= 15 is 0 Å². The Morgan fingerprint density at radius 3 is 2.77 bits per heavy atom. The van der Waals surface area contributed by atoms with Crippen LogP contribution in [0.2, 0.25) is 5.02 Å². The van der Waals surface area contributed by atoms with Gasteiger partial charge in [-0.2, -0.15) is 0 Å². The number of carbonyl (C=O) groups is 1. The molecule has 2 heterocycles. The van der Waals surface area contributed by atoms with Crippen molar-refractivity contribution in [3.05, 3.63) is 41.7 Å². The van der Waals surface area contributed by atoms with Gasteiger partial charge in [-0.05, 0) is 31.9 Å². The van der Waals surface area contributed by atoms with Gasteiger partial charge in [0.15, 0.2) is 0 Å². The van der Waals surface area contributed by atoms with Crippen molar-refractivity contribution in [2.45, 2.75) is 52.5 Å². The number of aromatic nitrogens is 2. The summed E-state index contributed by atoms with van der Waals surface area (Å²) < 4.78 is 5.84. The molecule has 0 N–H and O–H groups in total. The molecule has 1 saturated heterocycles. The first kappa shape index (κ1) is 22.3. The van der Waals surface area contributed by atoms with Gasteiger partial charge in [-0.3, -0.25) is 4.79 Å². The molecule has 1 amide bonds. The summed E-state index contributed by atoms with van der Waals surface area (Å²) in [6, 6.07) is 9.26. The van der Waals surface area contributed by atoms with Crippen molar-refractivity contribution >= 4 is 23.3 Å². The lowest BCUT2D eigenvalue weighted by molar-refractivity contribution is -0.138. The van der Waals surface area contributed by atoms with Crippen molar-refractivity contribution in [2.75, 3.05) is 24.5 Å². The molecule has 1 aromatic heterocycles. The lowest BCUT2D eigenvalue weighted by atomic mass is 9.96. The summed E-state index contributed by atoms with van der Waals surface area (Å²) >= 11 is 6.18. The highest BCUT2D eigenvalue weighted by molar-refractivity contribution is 6.32. The molecule has 0 aliphatic carbocycles. The first-order valence-corrected chi connectivity index (χ1v) is 11.2. The van der Waals surface area contributed by atoms with Crippen molar-refractivity contribution in [3.63, 3.8) is 0 Å². The van der Waals surface area contributed by atoms with Crippen LogP contribution in [0.25, 0.3) is 0 Å². The van der Waals surface area contributed by atoms with Crippen molar-refractivity contribution in [3.8, 4) is 11.6 Å². The molecule has 0 radical (unpaired) electrons. The Bertz CT molecular complexity index is 847. The predicted molar refractivity (Wildman–Crippen MR) is 120 cm³/mol. The van der Waals surface area contributed by atoms with E-state index in [0.717, 1.165) is 44.6 Å². The van der Waals surface area contributed by atoms with Gasteiger partial charge in [0.2, 0.25) is 11.8 Å². The van der Waals surface area contributed by atoms with E-state index in [0.29, 0.717) is 29.1 Å². The van der Waals surface area contributed by atoms with E-state index in [1.807, 2.05) is 23.1 Å². The van der Waals surface area contributed by atoms with Gasteiger partial charge < -0.3 is 14.5 Å². The van der Waals surface area contributed by atoms with Gasteiger partial charge in [0.25, 0.3) is 0 Å². The summed E-state index contributed by atoms with van der Waals surface area (Å²) in [5.41, 5.74) is 0. The highest BCUT2D eigenvalue weighted by atomic mass is 35.5. The Morgan fingerprint density at radius 2 is 2.07 bits per heavy atom. The van der Waals surface area contributed by atoms with E-state index in [1.165, 1.54) is 6.33 Å². The third-order valence-electron chi connectivity index (χ3n) is 5.66. The minimum Gasteiger partial charge on any atom is -0.437 e. The molecular weight excluding hydrogens is 400 g/mol. The summed E-state index contributed by atoms with van der Waals surface area (Å²) in [5.74, 6) is 2.23. The minimum atomic E-state index is 0.129. The molecule has 1 aromatic carbocycles.